The number of halogens is 6. The number of fused-ring (bicyclic) bond motifs is 1. The van der Waals surface area contributed by atoms with Gasteiger partial charge in [-0.15, -0.1) is 0 Å². The summed E-state index contributed by atoms with van der Waals surface area (Å²) in [5, 5.41) is 2.78. The molecular weight excluding hydrogens is 637 g/mol. The fourth-order valence-electron chi connectivity index (χ4n) is 7.48. The van der Waals surface area contributed by atoms with Crippen LogP contribution in [0.15, 0.2) is 12.1 Å². The summed E-state index contributed by atoms with van der Waals surface area (Å²) < 4.78 is 92.1. The Morgan fingerprint density at radius 2 is 1.98 bits per heavy atom. The maximum atomic E-state index is 16.8. The summed E-state index contributed by atoms with van der Waals surface area (Å²) in [4.78, 5) is 17.6. The Balaban J connectivity index is 1.32. The molecule has 4 saturated heterocycles. The molecule has 46 heavy (non-hydrogen) atoms. The van der Waals surface area contributed by atoms with Crippen LogP contribution in [0.2, 0.25) is 5.02 Å². The summed E-state index contributed by atoms with van der Waals surface area (Å²) >= 11 is 6.02. The number of anilines is 2. The van der Waals surface area contributed by atoms with Crippen molar-refractivity contribution in [2.24, 2.45) is 0 Å². The van der Waals surface area contributed by atoms with Gasteiger partial charge in [-0.05, 0) is 44.5 Å². The highest BCUT2D eigenvalue weighted by Crippen LogP contribution is 2.48. The van der Waals surface area contributed by atoms with E-state index in [1.165, 1.54) is 0 Å². The highest BCUT2D eigenvalue weighted by molar-refractivity contribution is 6.32. The van der Waals surface area contributed by atoms with E-state index in [0.717, 1.165) is 44.5 Å². The lowest BCUT2D eigenvalue weighted by Crippen LogP contribution is -2.68. The molecule has 3 N–H and O–H groups in total. The Morgan fingerprint density at radius 1 is 1.17 bits per heavy atom. The van der Waals surface area contributed by atoms with Gasteiger partial charge in [0.2, 0.25) is 5.88 Å². The summed E-state index contributed by atoms with van der Waals surface area (Å²) in [6.07, 6.45) is -3.13. The van der Waals surface area contributed by atoms with E-state index in [2.05, 4.69) is 20.2 Å². The van der Waals surface area contributed by atoms with Crippen molar-refractivity contribution in [1.29, 1.82) is 0 Å². The van der Waals surface area contributed by atoms with Crippen molar-refractivity contribution in [3.8, 4) is 23.1 Å². The fraction of sp³-hybridized carbons (Fsp3) is 0.567. The molecular formula is C30H31ClF5N7O3. The second-order valence-electron chi connectivity index (χ2n) is 13.0. The Morgan fingerprint density at radius 3 is 2.67 bits per heavy atom. The molecule has 16 heteroatoms. The SMILES string of the molecule is Nc1cc(Cl)c(C(F)(F)F)c(-c2nc3c4c(nc(OC[C@@]56CCCN5C[C@H](F)C6)nc4c2F)N(CC2CCN2)C2(COC2)CO3)c1. The molecule has 0 bridgehead atoms. The van der Waals surface area contributed by atoms with Crippen molar-refractivity contribution >= 4 is 34.0 Å². The minimum atomic E-state index is -4.95. The third kappa shape index (κ3) is 4.72. The van der Waals surface area contributed by atoms with Gasteiger partial charge in [-0.2, -0.15) is 23.1 Å². The third-order valence-corrected chi connectivity index (χ3v) is 10.3. The molecule has 0 aliphatic carbocycles. The Hall–Kier alpha value is -3.27. The van der Waals surface area contributed by atoms with Gasteiger partial charge < -0.3 is 30.2 Å². The minimum Gasteiger partial charge on any atom is -0.474 e. The molecule has 3 aromatic rings. The number of aromatic nitrogens is 3. The number of alkyl halides is 4. The van der Waals surface area contributed by atoms with E-state index < -0.39 is 51.1 Å². The van der Waals surface area contributed by atoms with E-state index in [1.54, 1.807) is 0 Å². The number of pyridine rings is 1. The highest BCUT2D eigenvalue weighted by Gasteiger charge is 2.51. The minimum absolute atomic E-state index is 0.0548. The first kappa shape index (κ1) is 30.1. The number of benzene rings is 1. The van der Waals surface area contributed by atoms with E-state index in [0.29, 0.717) is 19.5 Å². The van der Waals surface area contributed by atoms with Gasteiger partial charge in [0, 0.05) is 36.8 Å². The van der Waals surface area contributed by atoms with Crippen LogP contribution in [0.3, 0.4) is 0 Å². The Kier molecular flexibility index (Phi) is 6.95. The van der Waals surface area contributed by atoms with Crippen LogP contribution >= 0.6 is 11.6 Å². The zero-order valence-corrected chi connectivity index (χ0v) is 25.4. The number of hydrogen-bond acceptors (Lipinski definition) is 10. The van der Waals surface area contributed by atoms with Crippen molar-refractivity contribution in [3.05, 3.63) is 28.5 Å². The van der Waals surface area contributed by atoms with Gasteiger partial charge >= 0.3 is 12.2 Å². The number of hydrogen-bond donors (Lipinski definition) is 2. The zero-order valence-electron chi connectivity index (χ0n) is 24.6. The van der Waals surface area contributed by atoms with Crippen molar-refractivity contribution in [3.63, 3.8) is 0 Å². The molecule has 7 heterocycles. The van der Waals surface area contributed by atoms with Crippen LogP contribution in [-0.4, -0.2) is 95.7 Å². The molecule has 0 saturated carbocycles. The van der Waals surface area contributed by atoms with E-state index in [9.17, 15) is 17.6 Å². The van der Waals surface area contributed by atoms with Crippen molar-refractivity contribution in [2.45, 2.75) is 55.2 Å². The van der Waals surface area contributed by atoms with Crippen molar-refractivity contribution in [2.75, 3.05) is 63.2 Å². The van der Waals surface area contributed by atoms with E-state index in [1.807, 2.05) is 4.90 Å². The number of nitrogens with two attached hydrogens (primary N) is 1. The normalized spacial score (nSPS) is 26.9. The van der Waals surface area contributed by atoms with Gasteiger partial charge in [0.05, 0.1) is 29.3 Å². The molecule has 1 spiro atoms. The lowest BCUT2D eigenvalue weighted by molar-refractivity contribution is -0.137. The smallest absolute Gasteiger partial charge is 0.418 e. The Bertz CT molecular complexity index is 1720. The lowest BCUT2D eigenvalue weighted by atomic mass is 9.93. The first-order valence-electron chi connectivity index (χ1n) is 15.3. The molecule has 4 fully saturated rings. The first-order valence-corrected chi connectivity index (χ1v) is 15.7. The van der Waals surface area contributed by atoms with Crippen LogP contribution in [0.5, 0.6) is 11.9 Å². The summed E-state index contributed by atoms with van der Waals surface area (Å²) in [5.74, 6) is -0.998. The largest absolute Gasteiger partial charge is 0.474 e. The number of rotatable bonds is 6. The number of nitrogens with one attached hydrogen (secondary N) is 1. The van der Waals surface area contributed by atoms with Crippen LogP contribution < -0.4 is 25.4 Å². The van der Waals surface area contributed by atoms with Crippen LogP contribution in [-0.2, 0) is 10.9 Å². The molecule has 8 rings (SSSR count). The van der Waals surface area contributed by atoms with Crippen LogP contribution in [0, 0.1) is 5.82 Å². The number of nitrogens with zero attached hydrogens (tertiary/aromatic N) is 5. The van der Waals surface area contributed by atoms with Crippen LogP contribution in [0.4, 0.5) is 33.5 Å². The quantitative estimate of drug-likeness (QED) is 0.291. The molecule has 0 radical (unpaired) electrons. The maximum Gasteiger partial charge on any atom is 0.418 e. The highest BCUT2D eigenvalue weighted by atomic mass is 35.5. The van der Waals surface area contributed by atoms with Crippen molar-refractivity contribution in [1.82, 2.24) is 25.2 Å². The molecule has 5 aliphatic heterocycles. The van der Waals surface area contributed by atoms with E-state index in [-0.39, 0.29) is 66.8 Å². The Labute approximate surface area is 265 Å². The molecule has 10 nitrogen and oxygen atoms in total. The monoisotopic (exact) mass is 667 g/mol. The molecule has 246 valence electrons. The van der Waals surface area contributed by atoms with E-state index >= 15 is 4.39 Å². The standard InChI is InChI=1S/C30H31ClF5N7O3/c31-19-7-16(37)6-18(21(19)30(34,35)36)23-22(33)24-20-25(41-27(40-24)46-13-28-3-1-5-42(28)9-15(32)8-28)43(10-17-2-4-38-17)29(11-44-12-29)14-45-26(20)39-23/h6-7,15,17,38H,1-5,8-14,37H2/t15-,17?,28+/m1/s1. The molecule has 0 amide bonds. The van der Waals surface area contributed by atoms with Crippen LogP contribution in [0.25, 0.3) is 22.2 Å². The second kappa shape index (κ2) is 10.6. The van der Waals surface area contributed by atoms with Gasteiger partial charge in [-0.1, -0.05) is 11.6 Å². The molecule has 2 aromatic heterocycles. The van der Waals surface area contributed by atoms with Gasteiger partial charge in [0.25, 0.3) is 0 Å². The summed E-state index contributed by atoms with van der Waals surface area (Å²) in [6, 6.07) is 1.86. The average molecular weight is 668 g/mol. The van der Waals surface area contributed by atoms with Crippen LogP contribution in [0.1, 0.15) is 31.2 Å². The third-order valence-electron chi connectivity index (χ3n) is 9.97. The number of nitrogen functional groups attached to an aromatic ring is 1. The van der Waals surface area contributed by atoms with Crippen molar-refractivity contribution < 1.29 is 36.2 Å². The predicted octanol–water partition coefficient (Wildman–Crippen LogP) is 4.37. The predicted molar refractivity (Wildman–Crippen MR) is 158 cm³/mol. The van der Waals surface area contributed by atoms with Gasteiger partial charge in [-0.25, -0.2) is 13.8 Å². The summed E-state index contributed by atoms with van der Waals surface area (Å²) in [5.41, 5.74) is 1.60. The molecule has 1 aromatic carbocycles. The first-order chi connectivity index (χ1) is 22.0. The van der Waals surface area contributed by atoms with E-state index in [4.69, 9.17) is 36.5 Å². The van der Waals surface area contributed by atoms with Gasteiger partial charge in [0.1, 0.15) is 47.3 Å². The lowest BCUT2D eigenvalue weighted by Gasteiger charge is -2.50. The average Bonchev–Trinajstić information content (AvgIpc) is 3.42. The molecule has 3 atom stereocenters. The maximum absolute atomic E-state index is 16.8. The van der Waals surface area contributed by atoms with Gasteiger partial charge in [-0.3, -0.25) is 4.90 Å². The molecule has 1 unspecified atom stereocenters. The number of ether oxygens (including phenoxy) is 3. The topological polar surface area (TPSA) is 111 Å². The second-order valence-corrected chi connectivity index (χ2v) is 13.4. The summed E-state index contributed by atoms with van der Waals surface area (Å²) in [6.45, 7) is 3.07. The fourth-order valence-corrected chi connectivity index (χ4v) is 7.82. The molecule has 5 aliphatic rings. The summed E-state index contributed by atoms with van der Waals surface area (Å²) in [7, 11) is 0. The van der Waals surface area contributed by atoms with Gasteiger partial charge in [0.15, 0.2) is 5.82 Å². The zero-order chi connectivity index (χ0) is 32.0.